The zero-order valence-electron chi connectivity index (χ0n) is 21.0. The molecule has 1 aliphatic rings. The Balaban J connectivity index is 1.91. The summed E-state index contributed by atoms with van der Waals surface area (Å²) < 4.78 is 15.1. The highest BCUT2D eigenvalue weighted by Gasteiger charge is 2.48. The first-order chi connectivity index (χ1) is 18.2. The molecule has 3 aromatic rings. The summed E-state index contributed by atoms with van der Waals surface area (Å²) in [6.45, 7) is 3.42. The van der Waals surface area contributed by atoms with Crippen LogP contribution in [0.2, 0.25) is 0 Å². The summed E-state index contributed by atoms with van der Waals surface area (Å²) >= 11 is 0.905. The monoisotopic (exact) mass is 536 g/mol. The van der Waals surface area contributed by atoms with Gasteiger partial charge in [-0.1, -0.05) is 35.6 Å². The molecular weight excluding hydrogens is 512 g/mol. The Kier molecular flexibility index (Phi) is 7.58. The fourth-order valence-corrected chi connectivity index (χ4v) is 5.05. The van der Waals surface area contributed by atoms with Crippen molar-refractivity contribution in [3.8, 4) is 5.75 Å². The lowest BCUT2D eigenvalue weighted by molar-refractivity contribution is -0.132. The molecule has 1 unspecified atom stereocenters. The second kappa shape index (κ2) is 10.9. The van der Waals surface area contributed by atoms with E-state index in [1.807, 2.05) is 0 Å². The van der Waals surface area contributed by atoms with Crippen molar-refractivity contribution >= 4 is 45.9 Å². The van der Waals surface area contributed by atoms with Gasteiger partial charge in [-0.25, -0.2) is 14.6 Å². The third-order valence-corrected chi connectivity index (χ3v) is 7.02. The highest BCUT2D eigenvalue weighted by atomic mass is 32.1. The van der Waals surface area contributed by atoms with Gasteiger partial charge in [0.1, 0.15) is 16.4 Å². The molecule has 0 aliphatic carbocycles. The molecule has 10 nitrogen and oxygen atoms in total. The standard InChI is InChI=1S/C27H24N2O8S/c1-5-37-26(34)23-14(2)28-27(38-23)29-20(15-9-11-16(12-10-15)25(33)36-4)19(22(31)24(29)32)21(30)17-7-6-8-18(13-17)35-3/h6-13,20,30H,5H2,1-4H3. The Morgan fingerprint density at radius 2 is 1.76 bits per heavy atom. The number of nitrogens with zero attached hydrogens (tertiary/aromatic N) is 2. The van der Waals surface area contributed by atoms with Crippen LogP contribution >= 0.6 is 11.3 Å². The summed E-state index contributed by atoms with van der Waals surface area (Å²) in [6, 6.07) is 11.4. The van der Waals surface area contributed by atoms with Gasteiger partial charge < -0.3 is 19.3 Å². The Morgan fingerprint density at radius 1 is 1.05 bits per heavy atom. The van der Waals surface area contributed by atoms with Crippen LogP contribution in [0.3, 0.4) is 0 Å². The van der Waals surface area contributed by atoms with Gasteiger partial charge in [0.15, 0.2) is 5.13 Å². The van der Waals surface area contributed by atoms with Gasteiger partial charge in [0, 0.05) is 5.56 Å². The first-order valence-electron chi connectivity index (χ1n) is 11.5. The van der Waals surface area contributed by atoms with Crippen LogP contribution in [0.5, 0.6) is 5.75 Å². The molecule has 0 bridgehead atoms. The summed E-state index contributed by atoms with van der Waals surface area (Å²) in [5, 5.41) is 11.4. The largest absolute Gasteiger partial charge is 0.507 e. The molecule has 0 saturated carbocycles. The average molecular weight is 537 g/mol. The van der Waals surface area contributed by atoms with Gasteiger partial charge in [0.25, 0.3) is 5.78 Å². The first-order valence-corrected chi connectivity index (χ1v) is 12.3. The molecule has 1 N–H and O–H groups in total. The average Bonchev–Trinajstić information content (AvgIpc) is 3.44. The summed E-state index contributed by atoms with van der Waals surface area (Å²) in [5.74, 6) is -2.99. The molecule has 1 aromatic heterocycles. The molecule has 2 heterocycles. The van der Waals surface area contributed by atoms with Crippen molar-refractivity contribution in [3.63, 3.8) is 0 Å². The minimum atomic E-state index is -1.10. The fraction of sp³-hybridized carbons (Fsp3) is 0.222. The zero-order chi connectivity index (χ0) is 27.6. The normalized spacial score (nSPS) is 16.4. The van der Waals surface area contributed by atoms with Crippen molar-refractivity contribution in [3.05, 3.63) is 81.4 Å². The number of aliphatic hydroxyl groups is 1. The van der Waals surface area contributed by atoms with Gasteiger partial charge in [-0.15, -0.1) is 0 Å². The number of carbonyl (C=O) groups is 4. The Hall–Kier alpha value is -4.51. The molecule has 11 heteroatoms. The summed E-state index contributed by atoms with van der Waals surface area (Å²) in [6.07, 6.45) is 0. The van der Waals surface area contributed by atoms with Crippen LogP contribution in [0.1, 0.15) is 49.8 Å². The molecule has 0 spiro atoms. The lowest BCUT2D eigenvalue weighted by Crippen LogP contribution is -2.29. The van der Waals surface area contributed by atoms with E-state index < -0.39 is 35.4 Å². The number of aryl methyl sites for hydroxylation is 1. The number of carbonyl (C=O) groups excluding carboxylic acids is 4. The molecule has 1 fully saturated rings. The number of rotatable bonds is 7. The SMILES string of the molecule is CCOC(=O)c1sc(N2C(=O)C(=O)C(=C(O)c3cccc(OC)c3)C2c2ccc(C(=O)OC)cc2)nc1C. The van der Waals surface area contributed by atoms with E-state index in [2.05, 4.69) is 4.98 Å². The van der Waals surface area contributed by atoms with Gasteiger partial charge in [-0.05, 0) is 43.7 Å². The van der Waals surface area contributed by atoms with Crippen molar-refractivity contribution in [2.45, 2.75) is 19.9 Å². The fourth-order valence-electron chi connectivity index (χ4n) is 4.06. The number of aromatic nitrogens is 1. The Morgan fingerprint density at radius 3 is 2.39 bits per heavy atom. The summed E-state index contributed by atoms with van der Waals surface area (Å²) in [5.41, 5.74) is 1.10. The smallest absolute Gasteiger partial charge is 0.350 e. The lowest BCUT2D eigenvalue weighted by Gasteiger charge is -2.23. The van der Waals surface area contributed by atoms with Crippen LogP contribution in [-0.2, 0) is 19.1 Å². The third kappa shape index (κ3) is 4.75. The summed E-state index contributed by atoms with van der Waals surface area (Å²) in [7, 11) is 2.72. The number of ether oxygens (including phenoxy) is 3. The number of thiazole rings is 1. The van der Waals surface area contributed by atoms with E-state index in [1.165, 1.54) is 32.4 Å². The van der Waals surface area contributed by atoms with E-state index in [0.29, 0.717) is 17.0 Å². The Labute approximate surface area is 222 Å². The predicted molar refractivity (Wildman–Crippen MR) is 138 cm³/mol. The minimum Gasteiger partial charge on any atom is -0.507 e. The molecule has 1 amide bonds. The number of esters is 2. The molecule has 1 atom stereocenters. The predicted octanol–water partition coefficient (Wildman–Crippen LogP) is 4.05. The maximum absolute atomic E-state index is 13.4. The van der Waals surface area contributed by atoms with Crippen LogP contribution < -0.4 is 9.64 Å². The molecule has 4 rings (SSSR count). The zero-order valence-corrected chi connectivity index (χ0v) is 21.8. The van der Waals surface area contributed by atoms with Crippen LogP contribution in [0, 0.1) is 6.92 Å². The van der Waals surface area contributed by atoms with Gasteiger partial charge >= 0.3 is 17.8 Å². The van der Waals surface area contributed by atoms with E-state index in [-0.39, 0.29) is 33.3 Å². The minimum absolute atomic E-state index is 0.0828. The van der Waals surface area contributed by atoms with Crippen LogP contribution in [0.4, 0.5) is 5.13 Å². The number of aliphatic hydroxyl groups excluding tert-OH is 1. The van der Waals surface area contributed by atoms with E-state index in [1.54, 1.807) is 44.2 Å². The highest BCUT2D eigenvalue weighted by Crippen LogP contribution is 2.44. The van der Waals surface area contributed by atoms with Crippen molar-refractivity contribution in [2.75, 3.05) is 25.7 Å². The van der Waals surface area contributed by atoms with E-state index in [9.17, 15) is 24.3 Å². The molecule has 2 aromatic carbocycles. The third-order valence-electron chi connectivity index (χ3n) is 5.89. The van der Waals surface area contributed by atoms with Crippen molar-refractivity contribution < 1.29 is 38.5 Å². The lowest BCUT2D eigenvalue weighted by atomic mass is 9.94. The maximum atomic E-state index is 13.4. The molecule has 196 valence electrons. The number of hydrogen-bond donors (Lipinski definition) is 1. The number of methoxy groups -OCH3 is 2. The maximum Gasteiger partial charge on any atom is 0.350 e. The quantitative estimate of drug-likeness (QED) is 0.205. The molecule has 38 heavy (non-hydrogen) atoms. The molecule has 1 aliphatic heterocycles. The van der Waals surface area contributed by atoms with Crippen LogP contribution in [-0.4, -0.2) is 54.5 Å². The second-order valence-electron chi connectivity index (χ2n) is 8.15. The Bertz CT molecular complexity index is 1460. The highest BCUT2D eigenvalue weighted by molar-refractivity contribution is 7.17. The van der Waals surface area contributed by atoms with E-state index in [0.717, 1.165) is 16.2 Å². The van der Waals surface area contributed by atoms with Gasteiger partial charge in [0.05, 0.1) is 43.7 Å². The molecule has 1 saturated heterocycles. The van der Waals surface area contributed by atoms with Crippen LogP contribution in [0.15, 0.2) is 54.1 Å². The van der Waals surface area contributed by atoms with Crippen molar-refractivity contribution in [1.29, 1.82) is 0 Å². The van der Waals surface area contributed by atoms with Crippen molar-refractivity contribution in [1.82, 2.24) is 4.98 Å². The summed E-state index contributed by atoms with van der Waals surface area (Å²) in [4.78, 5) is 56.8. The molecular formula is C27H24N2O8S. The topological polar surface area (TPSA) is 132 Å². The number of anilines is 1. The van der Waals surface area contributed by atoms with Gasteiger partial charge in [-0.3, -0.25) is 14.5 Å². The van der Waals surface area contributed by atoms with Crippen molar-refractivity contribution in [2.24, 2.45) is 0 Å². The number of benzene rings is 2. The number of ketones is 1. The number of hydrogen-bond acceptors (Lipinski definition) is 10. The second-order valence-corrected chi connectivity index (χ2v) is 9.12. The van der Waals surface area contributed by atoms with E-state index >= 15 is 0 Å². The van der Waals surface area contributed by atoms with Gasteiger partial charge in [0.2, 0.25) is 0 Å². The number of Topliss-reactive ketones (excluding diaryl/α,β-unsaturated/α-hetero) is 1. The number of amides is 1. The van der Waals surface area contributed by atoms with E-state index in [4.69, 9.17) is 14.2 Å². The molecule has 0 radical (unpaired) electrons. The first kappa shape index (κ1) is 26.6. The van der Waals surface area contributed by atoms with Gasteiger partial charge in [-0.2, -0.15) is 0 Å². The van der Waals surface area contributed by atoms with Crippen LogP contribution in [0.25, 0.3) is 5.76 Å².